The number of hydrogen-bond acceptors (Lipinski definition) is 0. The molecule has 0 heterocycles. The van der Waals surface area contributed by atoms with E-state index >= 15 is 0 Å². The first-order valence-corrected chi connectivity index (χ1v) is 8.90. The molecule has 0 aromatic rings. The highest BCUT2D eigenvalue weighted by atomic mass is 35.5. The largest absolute Gasteiger partial charge is 0.200 e. The van der Waals surface area contributed by atoms with E-state index in [1.54, 1.807) is 36.2 Å². The fourth-order valence-corrected chi connectivity index (χ4v) is 5.49. The lowest BCUT2D eigenvalue weighted by Gasteiger charge is -2.24. The van der Waals surface area contributed by atoms with Gasteiger partial charge in [0, 0.05) is 0 Å². The van der Waals surface area contributed by atoms with Crippen LogP contribution in [0.25, 0.3) is 0 Å². The standard InChI is InChI=1S/2C7H13.Al.ClH/c2*1-7-5-3-2-4-6-7;;/h2*7H,1-6H2;;1H. The van der Waals surface area contributed by atoms with E-state index in [-0.39, 0.29) is 12.4 Å². The van der Waals surface area contributed by atoms with Crippen molar-refractivity contribution < 1.29 is 0 Å². The van der Waals surface area contributed by atoms with Crippen molar-refractivity contribution >= 4 is 27.6 Å². The summed E-state index contributed by atoms with van der Waals surface area (Å²) < 4.78 is 0. The van der Waals surface area contributed by atoms with Gasteiger partial charge in [-0.2, -0.15) is 0 Å². The van der Waals surface area contributed by atoms with E-state index in [0.717, 1.165) is 27.1 Å². The third-order valence-corrected chi connectivity index (χ3v) is 6.45. The third kappa shape index (κ3) is 5.44. The van der Waals surface area contributed by atoms with Crippen LogP contribution in [0.4, 0.5) is 0 Å². The van der Waals surface area contributed by atoms with Crippen LogP contribution in [0.15, 0.2) is 0 Å². The summed E-state index contributed by atoms with van der Waals surface area (Å²) in [5.74, 6) is 2.30. The maximum Gasteiger partial charge on any atom is 0.200 e. The Balaban J connectivity index is 0.00000128. The summed E-state index contributed by atoms with van der Waals surface area (Å²) in [7, 11) is 0. The lowest BCUT2D eigenvalue weighted by atomic mass is 9.90. The van der Waals surface area contributed by atoms with Gasteiger partial charge < -0.3 is 0 Å². The van der Waals surface area contributed by atoms with Crippen LogP contribution in [0.5, 0.6) is 0 Å². The maximum atomic E-state index is 1.64. The maximum absolute atomic E-state index is 1.64. The Kier molecular flexibility index (Phi) is 8.23. The van der Waals surface area contributed by atoms with Crippen molar-refractivity contribution in [1.82, 2.24) is 0 Å². The molecule has 0 spiro atoms. The average molecular weight is 258 g/mol. The van der Waals surface area contributed by atoms with Gasteiger partial charge in [-0.25, -0.2) is 0 Å². The van der Waals surface area contributed by atoms with Gasteiger partial charge in [0.1, 0.15) is 0 Å². The monoisotopic (exact) mass is 257 g/mol. The number of halogens is 1. The van der Waals surface area contributed by atoms with Crippen LogP contribution < -0.4 is 0 Å². The molecule has 1 radical (unpaired) electrons. The first-order chi connectivity index (χ1) is 7.45. The van der Waals surface area contributed by atoms with Crippen LogP contribution in [0.1, 0.15) is 64.2 Å². The van der Waals surface area contributed by atoms with E-state index in [4.69, 9.17) is 0 Å². The quantitative estimate of drug-likeness (QED) is 0.614. The van der Waals surface area contributed by atoms with Gasteiger partial charge in [-0.05, 0) is 0 Å². The molecule has 0 aromatic heterocycles. The van der Waals surface area contributed by atoms with E-state index in [9.17, 15) is 0 Å². The molecule has 2 saturated carbocycles. The lowest BCUT2D eigenvalue weighted by Crippen LogP contribution is -2.13. The van der Waals surface area contributed by atoms with E-state index in [1.165, 1.54) is 38.5 Å². The van der Waals surface area contributed by atoms with Crippen LogP contribution in [-0.2, 0) is 0 Å². The molecule has 0 atom stereocenters. The Morgan fingerprint density at radius 2 is 1.00 bits per heavy atom. The molecule has 2 heteroatoms. The Morgan fingerprint density at radius 3 is 1.38 bits per heavy atom. The molecule has 0 bridgehead atoms. The number of hydrogen-bond donors (Lipinski definition) is 0. The van der Waals surface area contributed by atoms with Crippen molar-refractivity contribution in [3.05, 3.63) is 0 Å². The molecule has 0 amide bonds. The Hall–Kier alpha value is 0.822. The highest BCUT2D eigenvalue weighted by Crippen LogP contribution is 2.30. The van der Waals surface area contributed by atoms with Gasteiger partial charge in [0.15, 0.2) is 0 Å². The van der Waals surface area contributed by atoms with Gasteiger partial charge in [-0.3, -0.25) is 0 Å². The van der Waals surface area contributed by atoms with Gasteiger partial charge in [0.05, 0.1) is 0 Å². The molecule has 2 aliphatic rings. The second-order valence-corrected chi connectivity index (χ2v) is 7.29. The van der Waals surface area contributed by atoms with E-state index < -0.39 is 0 Å². The predicted molar refractivity (Wildman–Crippen MR) is 75.8 cm³/mol. The summed E-state index contributed by atoms with van der Waals surface area (Å²) in [6.07, 6.45) is 15.5. The third-order valence-electron chi connectivity index (χ3n) is 4.45. The highest BCUT2D eigenvalue weighted by molar-refractivity contribution is 6.35. The molecule has 0 aliphatic heterocycles. The zero-order valence-electron chi connectivity index (χ0n) is 10.6. The van der Waals surface area contributed by atoms with Gasteiger partial charge in [0.25, 0.3) is 0 Å². The van der Waals surface area contributed by atoms with Crippen LogP contribution in [0, 0.1) is 11.8 Å². The highest BCUT2D eigenvalue weighted by Gasteiger charge is 2.16. The van der Waals surface area contributed by atoms with E-state index in [2.05, 4.69) is 0 Å². The molecule has 2 rings (SSSR count). The van der Waals surface area contributed by atoms with Gasteiger partial charge in [-0.1, -0.05) is 76.0 Å². The van der Waals surface area contributed by atoms with Crippen LogP contribution in [-0.4, -0.2) is 15.2 Å². The summed E-state index contributed by atoms with van der Waals surface area (Å²) in [5, 5.41) is 3.27. The smallest absolute Gasteiger partial charge is 0.147 e. The topological polar surface area (TPSA) is 0 Å². The van der Waals surface area contributed by atoms with Crippen molar-refractivity contribution in [3.8, 4) is 0 Å². The molecule has 0 unspecified atom stereocenters. The fraction of sp³-hybridized carbons (Fsp3) is 1.00. The number of rotatable bonds is 4. The molecule has 0 N–H and O–H groups in total. The molecule has 2 aliphatic carbocycles. The minimum atomic E-state index is 0. The molecule has 93 valence electrons. The van der Waals surface area contributed by atoms with Gasteiger partial charge >= 0.3 is 0 Å². The molecular weight excluding hydrogens is 231 g/mol. The summed E-state index contributed by atoms with van der Waals surface area (Å²) >= 11 is 0.808. The minimum absolute atomic E-state index is 0. The van der Waals surface area contributed by atoms with Crippen LogP contribution >= 0.6 is 12.4 Å². The van der Waals surface area contributed by atoms with Crippen molar-refractivity contribution in [1.29, 1.82) is 0 Å². The Morgan fingerprint density at radius 1 is 0.625 bits per heavy atom. The van der Waals surface area contributed by atoms with Gasteiger partial charge in [0.2, 0.25) is 15.2 Å². The summed E-state index contributed by atoms with van der Waals surface area (Å²) in [6, 6.07) is 0. The molecule has 16 heavy (non-hydrogen) atoms. The summed E-state index contributed by atoms with van der Waals surface area (Å²) in [5.41, 5.74) is 0. The average Bonchev–Trinajstić information content (AvgIpc) is 2.32. The predicted octanol–water partition coefficient (Wildman–Crippen LogP) is 5.11. The van der Waals surface area contributed by atoms with Crippen molar-refractivity contribution in [2.45, 2.75) is 74.8 Å². The Bertz CT molecular complexity index is 142. The first-order valence-electron chi connectivity index (χ1n) is 7.27. The second-order valence-electron chi connectivity index (χ2n) is 5.77. The molecule has 0 aromatic carbocycles. The van der Waals surface area contributed by atoms with Crippen LogP contribution in [0.2, 0.25) is 10.6 Å². The molecule has 2 fully saturated rings. The van der Waals surface area contributed by atoms with Crippen molar-refractivity contribution in [2.75, 3.05) is 0 Å². The van der Waals surface area contributed by atoms with E-state index in [0.29, 0.717) is 0 Å². The van der Waals surface area contributed by atoms with E-state index in [1.807, 2.05) is 0 Å². The van der Waals surface area contributed by atoms with Gasteiger partial charge in [-0.15, -0.1) is 23.0 Å². The molecule has 0 nitrogen and oxygen atoms in total. The van der Waals surface area contributed by atoms with Crippen LogP contribution in [0.3, 0.4) is 0 Å². The normalized spacial score (nSPS) is 23.8. The summed E-state index contributed by atoms with van der Waals surface area (Å²) in [4.78, 5) is 0. The second kappa shape index (κ2) is 8.85. The summed E-state index contributed by atoms with van der Waals surface area (Å²) in [6.45, 7) is 0. The lowest BCUT2D eigenvalue weighted by molar-refractivity contribution is 0.373. The zero-order chi connectivity index (χ0) is 10.3. The van der Waals surface area contributed by atoms with Crippen molar-refractivity contribution in [2.24, 2.45) is 11.8 Å². The SMILES string of the molecule is C1CCC([CH2][Al][CH2]C2CCCCC2)CC1.Cl. The zero-order valence-corrected chi connectivity index (χ0v) is 12.6. The van der Waals surface area contributed by atoms with Crippen molar-refractivity contribution in [3.63, 3.8) is 0 Å². The Labute approximate surface area is 114 Å². The fourth-order valence-electron chi connectivity index (χ4n) is 3.41. The molecular formula is C14H27AlCl. The first kappa shape index (κ1) is 14.9. The molecule has 0 saturated heterocycles. The minimum Gasteiger partial charge on any atom is -0.147 e.